The van der Waals surface area contributed by atoms with Gasteiger partial charge in [-0.1, -0.05) is 43.0 Å². The van der Waals surface area contributed by atoms with Crippen LogP contribution in [0.4, 0.5) is 5.69 Å². The van der Waals surface area contributed by atoms with E-state index in [4.69, 9.17) is 4.98 Å². The fraction of sp³-hybridized carbons (Fsp3) is 0.292. The summed E-state index contributed by atoms with van der Waals surface area (Å²) in [4.78, 5) is 33.5. The van der Waals surface area contributed by atoms with Gasteiger partial charge in [0.25, 0.3) is 5.56 Å². The Hall–Kier alpha value is -2.51. The molecule has 0 N–H and O–H groups in total. The summed E-state index contributed by atoms with van der Waals surface area (Å²) in [6.07, 6.45) is 0.772. The topological polar surface area (TPSA) is 55.2 Å². The van der Waals surface area contributed by atoms with Crippen LogP contribution in [-0.4, -0.2) is 33.5 Å². The van der Waals surface area contributed by atoms with Crippen LogP contribution < -0.4 is 10.5 Å². The second-order valence-electron chi connectivity index (χ2n) is 7.87. The molecule has 2 heterocycles. The number of fused-ring (bicyclic) bond motifs is 1. The van der Waals surface area contributed by atoms with Crippen LogP contribution in [0.2, 0.25) is 0 Å². The van der Waals surface area contributed by atoms with Gasteiger partial charge in [-0.25, -0.2) is 4.98 Å². The molecule has 0 saturated carbocycles. The second-order valence-corrected chi connectivity index (χ2v) is 10.3. The number of nitrogens with zero attached hydrogens (tertiary/aromatic N) is 3. The number of carbonyl (C=O) groups excluding carboxylic acids is 1. The fourth-order valence-corrected chi connectivity index (χ4v) is 5.76. The minimum atomic E-state index is -0.0456. The number of rotatable bonds is 5. The molecule has 1 amide bonds. The lowest BCUT2D eigenvalue weighted by Crippen LogP contribution is -2.29. The van der Waals surface area contributed by atoms with Gasteiger partial charge in [-0.15, -0.1) is 11.8 Å². The molecule has 160 valence electrons. The summed E-state index contributed by atoms with van der Waals surface area (Å²) in [7, 11) is 1.77. The smallest absolute Gasteiger partial charge is 0.272 e. The molecule has 1 unspecified atom stereocenters. The van der Waals surface area contributed by atoms with E-state index in [9.17, 15) is 9.59 Å². The molecule has 0 saturated heterocycles. The highest BCUT2D eigenvalue weighted by molar-refractivity contribution is 8.00. The summed E-state index contributed by atoms with van der Waals surface area (Å²) in [5.41, 5.74) is 4.60. The number of aryl methyl sites for hydroxylation is 2. The monoisotopic (exact) mass is 451 g/mol. The van der Waals surface area contributed by atoms with Crippen LogP contribution in [0.5, 0.6) is 0 Å². The van der Waals surface area contributed by atoms with Crippen molar-refractivity contribution < 1.29 is 4.79 Å². The van der Waals surface area contributed by atoms with Crippen molar-refractivity contribution in [1.29, 1.82) is 0 Å². The van der Waals surface area contributed by atoms with Gasteiger partial charge in [-0.05, 0) is 49.2 Å². The van der Waals surface area contributed by atoms with Crippen molar-refractivity contribution in [2.24, 2.45) is 0 Å². The highest BCUT2D eigenvalue weighted by atomic mass is 32.2. The summed E-state index contributed by atoms with van der Waals surface area (Å²) in [5.74, 6) is 0.157. The van der Waals surface area contributed by atoms with E-state index in [1.165, 1.54) is 11.8 Å². The van der Waals surface area contributed by atoms with Crippen molar-refractivity contribution in [3.63, 3.8) is 0 Å². The zero-order valence-electron chi connectivity index (χ0n) is 18.1. The molecule has 1 aliphatic rings. The number of hydrogen-bond acceptors (Lipinski definition) is 5. The SMILES string of the molecule is Cc1cc(C)cc(-n2c(SCC(=O)N(C)c3ccccc3)nc3c(c2=O)SC(C)C3)c1. The molecule has 2 aromatic carbocycles. The van der Waals surface area contributed by atoms with Gasteiger partial charge in [-0.2, -0.15) is 0 Å². The van der Waals surface area contributed by atoms with Crippen LogP contribution in [0.15, 0.2) is 63.4 Å². The zero-order valence-corrected chi connectivity index (χ0v) is 19.7. The summed E-state index contributed by atoms with van der Waals surface area (Å²) in [6.45, 7) is 6.15. The van der Waals surface area contributed by atoms with E-state index in [-0.39, 0.29) is 17.2 Å². The Morgan fingerprint density at radius 1 is 1.19 bits per heavy atom. The normalized spacial score (nSPS) is 15.0. The van der Waals surface area contributed by atoms with Crippen LogP contribution in [0, 0.1) is 13.8 Å². The molecule has 1 aliphatic heterocycles. The van der Waals surface area contributed by atoms with Gasteiger partial charge in [0.15, 0.2) is 5.16 Å². The van der Waals surface area contributed by atoms with E-state index in [1.54, 1.807) is 28.3 Å². The minimum absolute atomic E-state index is 0.0411. The summed E-state index contributed by atoms with van der Waals surface area (Å²) in [6, 6.07) is 15.6. The van der Waals surface area contributed by atoms with Gasteiger partial charge in [0, 0.05) is 24.4 Å². The van der Waals surface area contributed by atoms with Gasteiger partial charge in [0.05, 0.1) is 22.0 Å². The summed E-state index contributed by atoms with van der Waals surface area (Å²) < 4.78 is 1.67. The van der Waals surface area contributed by atoms with Crippen molar-refractivity contribution in [3.8, 4) is 5.69 Å². The van der Waals surface area contributed by atoms with E-state index in [0.717, 1.165) is 39.5 Å². The lowest BCUT2D eigenvalue weighted by atomic mass is 10.1. The predicted molar refractivity (Wildman–Crippen MR) is 129 cm³/mol. The molecule has 31 heavy (non-hydrogen) atoms. The first-order valence-electron chi connectivity index (χ1n) is 10.2. The second kappa shape index (κ2) is 8.93. The Morgan fingerprint density at radius 2 is 1.87 bits per heavy atom. The standard InChI is InChI=1S/C24H25N3O2S2/c1-15-10-16(2)12-19(11-15)27-23(29)22-20(13-17(3)31-22)25-24(27)30-14-21(28)26(4)18-8-6-5-7-9-18/h5-12,17H,13-14H2,1-4H3. The third-order valence-electron chi connectivity index (χ3n) is 5.19. The molecular formula is C24H25N3O2S2. The largest absolute Gasteiger partial charge is 0.315 e. The van der Waals surface area contributed by atoms with Crippen LogP contribution >= 0.6 is 23.5 Å². The van der Waals surface area contributed by atoms with Gasteiger partial charge in [-0.3, -0.25) is 14.2 Å². The van der Waals surface area contributed by atoms with Crippen molar-refractivity contribution in [2.75, 3.05) is 17.7 Å². The first kappa shape index (κ1) is 21.7. The molecule has 4 rings (SSSR count). The van der Waals surface area contributed by atoms with Crippen LogP contribution in [-0.2, 0) is 11.2 Å². The number of aromatic nitrogens is 2. The van der Waals surface area contributed by atoms with Crippen molar-refractivity contribution >= 4 is 35.1 Å². The molecule has 0 fully saturated rings. The summed E-state index contributed by atoms with van der Waals surface area (Å²) in [5, 5.41) is 0.896. The molecular weight excluding hydrogens is 426 g/mol. The number of hydrogen-bond donors (Lipinski definition) is 0. The fourth-order valence-electron chi connectivity index (χ4n) is 3.72. The van der Waals surface area contributed by atoms with Gasteiger partial charge in [0.2, 0.25) is 5.91 Å². The highest BCUT2D eigenvalue weighted by Gasteiger charge is 2.27. The molecule has 0 bridgehead atoms. The average Bonchev–Trinajstić information content (AvgIpc) is 3.12. The van der Waals surface area contributed by atoms with Crippen LogP contribution in [0.1, 0.15) is 23.7 Å². The number of benzene rings is 2. The van der Waals surface area contributed by atoms with Gasteiger partial charge >= 0.3 is 0 Å². The van der Waals surface area contributed by atoms with Crippen molar-refractivity contribution in [2.45, 2.75) is 42.5 Å². The Morgan fingerprint density at radius 3 is 2.55 bits per heavy atom. The molecule has 0 radical (unpaired) electrons. The number of anilines is 1. The number of thioether (sulfide) groups is 2. The maximum absolute atomic E-state index is 13.4. The van der Waals surface area contributed by atoms with Gasteiger partial charge < -0.3 is 4.90 Å². The quantitative estimate of drug-likeness (QED) is 0.418. The minimum Gasteiger partial charge on any atom is -0.315 e. The highest BCUT2D eigenvalue weighted by Crippen LogP contribution is 2.35. The first-order chi connectivity index (χ1) is 14.8. The van der Waals surface area contributed by atoms with Crippen LogP contribution in [0.25, 0.3) is 5.69 Å². The third kappa shape index (κ3) is 4.57. The first-order valence-corrected chi connectivity index (χ1v) is 12.1. The third-order valence-corrected chi connectivity index (χ3v) is 7.33. The molecule has 7 heteroatoms. The Balaban J connectivity index is 1.70. The van der Waals surface area contributed by atoms with E-state index >= 15 is 0 Å². The van der Waals surface area contributed by atoms with Crippen molar-refractivity contribution in [3.05, 3.63) is 75.7 Å². The number of para-hydroxylation sites is 1. The molecule has 0 aliphatic carbocycles. The van der Waals surface area contributed by atoms with Crippen molar-refractivity contribution in [1.82, 2.24) is 9.55 Å². The molecule has 1 atom stereocenters. The van der Waals surface area contributed by atoms with E-state index in [0.29, 0.717) is 10.4 Å². The Kier molecular flexibility index (Phi) is 6.25. The Labute approximate surface area is 190 Å². The zero-order chi connectivity index (χ0) is 22.1. The maximum atomic E-state index is 13.4. The van der Waals surface area contributed by atoms with E-state index < -0.39 is 0 Å². The number of carbonyl (C=O) groups is 1. The summed E-state index contributed by atoms with van der Waals surface area (Å²) >= 11 is 2.91. The van der Waals surface area contributed by atoms with Gasteiger partial charge in [0.1, 0.15) is 0 Å². The lowest BCUT2D eigenvalue weighted by molar-refractivity contribution is -0.115. The molecule has 1 aromatic heterocycles. The lowest BCUT2D eigenvalue weighted by Gasteiger charge is -2.18. The van der Waals surface area contributed by atoms with Crippen LogP contribution in [0.3, 0.4) is 0 Å². The predicted octanol–water partition coefficient (Wildman–Crippen LogP) is 4.64. The Bertz CT molecular complexity index is 1170. The van der Waals surface area contributed by atoms with E-state index in [1.807, 2.05) is 56.3 Å². The maximum Gasteiger partial charge on any atom is 0.272 e. The molecule has 3 aromatic rings. The number of amides is 1. The molecule has 0 spiro atoms. The average molecular weight is 452 g/mol. The molecule has 5 nitrogen and oxygen atoms in total. The van der Waals surface area contributed by atoms with E-state index in [2.05, 4.69) is 13.0 Å².